The van der Waals surface area contributed by atoms with E-state index < -0.39 is 0 Å². The average molecular weight is 288 g/mol. The van der Waals surface area contributed by atoms with Crippen LogP contribution in [0.3, 0.4) is 0 Å². The van der Waals surface area contributed by atoms with Crippen molar-refractivity contribution in [2.75, 3.05) is 7.05 Å². The number of rotatable bonds is 4. The zero-order chi connectivity index (χ0) is 15.0. The SMILES string of the molecule is CCn1c(=O)oc2cc(C(NC)C3CCCC3C)ccc21. The summed E-state index contributed by atoms with van der Waals surface area (Å²) >= 11 is 0. The van der Waals surface area contributed by atoms with Crippen molar-refractivity contribution in [3.8, 4) is 0 Å². The third-order valence-corrected chi connectivity index (χ3v) is 5.03. The van der Waals surface area contributed by atoms with Gasteiger partial charge in [-0.2, -0.15) is 0 Å². The van der Waals surface area contributed by atoms with Crippen LogP contribution < -0.4 is 11.1 Å². The molecule has 114 valence electrons. The Labute approximate surface area is 125 Å². The first-order valence-corrected chi connectivity index (χ1v) is 7.96. The molecule has 3 atom stereocenters. The maximum absolute atomic E-state index is 11.8. The number of benzene rings is 1. The lowest BCUT2D eigenvalue weighted by atomic mass is 9.86. The lowest BCUT2D eigenvalue weighted by molar-refractivity contribution is 0.315. The molecule has 1 N–H and O–H groups in total. The van der Waals surface area contributed by atoms with Crippen molar-refractivity contribution in [2.45, 2.75) is 45.7 Å². The zero-order valence-electron chi connectivity index (χ0n) is 13.1. The highest BCUT2D eigenvalue weighted by Gasteiger charge is 2.31. The van der Waals surface area contributed by atoms with Crippen molar-refractivity contribution in [3.05, 3.63) is 34.3 Å². The Hall–Kier alpha value is -1.55. The number of nitrogens with zero attached hydrogens (tertiary/aromatic N) is 1. The highest BCUT2D eigenvalue weighted by atomic mass is 16.4. The predicted octanol–water partition coefficient (Wildman–Crippen LogP) is 3.31. The number of aryl methyl sites for hydroxylation is 1. The molecule has 0 amide bonds. The van der Waals surface area contributed by atoms with Crippen LogP contribution in [0.5, 0.6) is 0 Å². The maximum atomic E-state index is 11.8. The standard InChI is InChI=1S/C17H24N2O2/c1-4-19-14-9-8-12(10-15(14)21-17(19)20)16(18-3)13-7-5-6-11(13)2/h8-11,13,16,18H,4-7H2,1-3H3. The summed E-state index contributed by atoms with van der Waals surface area (Å²) in [5.41, 5.74) is 2.81. The van der Waals surface area contributed by atoms with Crippen LogP contribution in [-0.4, -0.2) is 11.6 Å². The third-order valence-electron chi connectivity index (χ3n) is 5.03. The van der Waals surface area contributed by atoms with E-state index >= 15 is 0 Å². The Kier molecular flexibility index (Phi) is 3.89. The van der Waals surface area contributed by atoms with E-state index in [0.717, 1.165) is 11.4 Å². The molecule has 1 aliphatic carbocycles. The largest absolute Gasteiger partial charge is 0.419 e. The summed E-state index contributed by atoms with van der Waals surface area (Å²) in [6.45, 7) is 4.94. The first-order valence-electron chi connectivity index (χ1n) is 7.96. The molecular weight excluding hydrogens is 264 g/mol. The van der Waals surface area contributed by atoms with Gasteiger partial charge in [-0.05, 0) is 49.9 Å². The summed E-state index contributed by atoms with van der Waals surface area (Å²) in [6, 6.07) is 6.52. The first-order chi connectivity index (χ1) is 10.2. The Balaban J connectivity index is 2.01. The van der Waals surface area contributed by atoms with Gasteiger partial charge in [-0.1, -0.05) is 25.8 Å². The van der Waals surface area contributed by atoms with E-state index in [1.807, 2.05) is 26.1 Å². The number of aromatic nitrogens is 1. The van der Waals surface area contributed by atoms with Crippen LogP contribution in [0.1, 0.15) is 44.7 Å². The van der Waals surface area contributed by atoms with Gasteiger partial charge < -0.3 is 9.73 Å². The second kappa shape index (κ2) is 5.68. The number of hydrogen-bond acceptors (Lipinski definition) is 3. The van der Waals surface area contributed by atoms with Crippen LogP contribution in [-0.2, 0) is 6.54 Å². The molecule has 2 aromatic rings. The third kappa shape index (κ3) is 2.42. The molecule has 1 aromatic heterocycles. The summed E-state index contributed by atoms with van der Waals surface area (Å²) in [4.78, 5) is 11.8. The van der Waals surface area contributed by atoms with Crippen LogP contribution in [0.25, 0.3) is 11.1 Å². The minimum Gasteiger partial charge on any atom is -0.408 e. The highest BCUT2D eigenvalue weighted by molar-refractivity contribution is 5.74. The van der Waals surface area contributed by atoms with E-state index in [1.54, 1.807) is 4.57 Å². The normalized spacial score (nSPS) is 23.8. The molecule has 0 spiro atoms. The second-order valence-corrected chi connectivity index (χ2v) is 6.18. The average Bonchev–Trinajstić information content (AvgIpc) is 3.02. The van der Waals surface area contributed by atoms with Gasteiger partial charge in [0.2, 0.25) is 0 Å². The smallest absolute Gasteiger partial charge is 0.408 e. The van der Waals surface area contributed by atoms with Gasteiger partial charge in [0, 0.05) is 12.6 Å². The molecule has 1 saturated carbocycles. The lowest BCUT2D eigenvalue weighted by Gasteiger charge is -2.27. The number of nitrogens with one attached hydrogen (secondary N) is 1. The van der Waals surface area contributed by atoms with Crippen LogP contribution in [0.4, 0.5) is 0 Å². The highest BCUT2D eigenvalue weighted by Crippen LogP contribution is 2.40. The molecule has 3 rings (SSSR count). The van der Waals surface area contributed by atoms with E-state index in [0.29, 0.717) is 24.1 Å². The van der Waals surface area contributed by atoms with Crippen molar-refractivity contribution in [1.29, 1.82) is 0 Å². The molecule has 0 saturated heterocycles. The van der Waals surface area contributed by atoms with Gasteiger partial charge in [0.05, 0.1) is 5.52 Å². The molecule has 0 aliphatic heterocycles. The topological polar surface area (TPSA) is 47.2 Å². The Morgan fingerprint density at radius 2 is 2.24 bits per heavy atom. The summed E-state index contributed by atoms with van der Waals surface area (Å²) in [7, 11) is 2.02. The molecule has 4 nitrogen and oxygen atoms in total. The van der Waals surface area contributed by atoms with E-state index in [4.69, 9.17) is 4.42 Å². The van der Waals surface area contributed by atoms with Crippen molar-refractivity contribution in [2.24, 2.45) is 11.8 Å². The van der Waals surface area contributed by atoms with Gasteiger partial charge in [-0.3, -0.25) is 4.57 Å². The van der Waals surface area contributed by atoms with Gasteiger partial charge in [0.15, 0.2) is 5.58 Å². The van der Waals surface area contributed by atoms with E-state index in [-0.39, 0.29) is 5.76 Å². The summed E-state index contributed by atoms with van der Waals surface area (Å²) in [5.74, 6) is 1.14. The molecule has 1 aromatic carbocycles. The fourth-order valence-corrected chi connectivity index (χ4v) is 3.87. The van der Waals surface area contributed by atoms with Gasteiger partial charge in [-0.15, -0.1) is 0 Å². The molecule has 1 fully saturated rings. The minimum atomic E-state index is -0.264. The number of oxazole rings is 1. The van der Waals surface area contributed by atoms with E-state index in [1.165, 1.54) is 24.8 Å². The summed E-state index contributed by atoms with van der Waals surface area (Å²) in [5, 5.41) is 3.46. The summed E-state index contributed by atoms with van der Waals surface area (Å²) < 4.78 is 7.07. The Morgan fingerprint density at radius 1 is 1.43 bits per heavy atom. The molecule has 0 radical (unpaired) electrons. The Bertz CT molecular complexity index is 686. The number of fused-ring (bicyclic) bond motifs is 1. The van der Waals surface area contributed by atoms with E-state index in [2.05, 4.69) is 18.3 Å². The van der Waals surface area contributed by atoms with Crippen LogP contribution in [0, 0.1) is 11.8 Å². The summed E-state index contributed by atoms with van der Waals surface area (Å²) in [6.07, 6.45) is 3.89. The van der Waals surface area contributed by atoms with Crippen LogP contribution in [0.2, 0.25) is 0 Å². The van der Waals surface area contributed by atoms with Crippen molar-refractivity contribution in [3.63, 3.8) is 0 Å². The fourth-order valence-electron chi connectivity index (χ4n) is 3.87. The monoisotopic (exact) mass is 288 g/mol. The maximum Gasteiger partial charge on any atom is 0.419 e. The van der Waals surface area contributed by atoms with Gasteiger partial charge in [0.25, 0.3) is 0 Å². The molecular formula is C17H24N2O2. The Morgan fingerprint density at radius 3 is 2.86 bits per heavy atom. The second-order valence-electron chi connectivity index (χ2n) is 6.18. The quantitative estimate of drug-likeness (QED) is 0.939. The van der Waals surface area contributed by atoms with Crippen LogP contribution >= 0.6 is 0 Å². The predicted molar refractivity (Wildman–Crippen MR) is 84.5 cm³/mol. The van der Waals surface area contributed by atoms with Gasteiger partial charge in [-0.25, -0.2) is 4.79 Å². The van der Waals surface area contributed by atoms with Crippen molar-refractivity contribution < 1.29 is 4.42 Å². The zero-order valence-corrected chi connectivity index (χ0v) is 13.1. The van der Waals surface area contributed by atoms with Crippen molar-refractivity contribution in [1.82, 2.24) is 9.88 Å². The molecule has 1 heterocycles. The molecule has 21 heavy (non-hydrogen) atoms. The first kappa shape index (κ1) is 14.4. The van der Waals surface area contributed by atoms with Crippen molar-refractivity contribution >= 4 is 11.1 Å². The molecule has 1 aliphatic rings. The molecule has 0 bridgehead atoms. The van der Waals surface area contributed by atoms with Gasteiger partial charge >= 0.3 is 5.76 Å². The lowest BCUT2D eigenvalue weighted by Crippen LogP contribution is -2.26. The van der Waals surface area contributed by atoms with Crippen LogP contribution in [0.15, 0.2) is 27.4 Å². The fraction of sp³-hybridized carbons (Fsp3) is 0.588. The minimum absolute atomic E-state index is 0.264. The van der Waals surface area contributed by atoms with Gasteiger partial charge in [0.1, 0.15) is 0 Å². The molecule has 3 unspecified atom stereocenters. The number of hydrogen-bond donors (Lipinski definition) is 1. The molecule has 4 heteroatoms. The van der Waals surface area contributed by atoms with E-state index in [9.17, 15) is 4.79 Å².